The lowest BCUT2D eigenvalue weighted by molar-refractivity contribution is -0.135. The molecule has 2 N–H and O–H groups in total. The van der Waals surface area contributed by atoms with E-state index in [4.69, 9.17) is 13.9 Å². The van der Waals surface area contributed by atoms with Gasteiger partial charge in [-0.15, -0.1) is 0 Å². The van der Waals surface area contributed by atoms with Crippen molar-refractivity contribution in [3.8, 4) is 17.2 Å². The average molecular weight is 551 g/mol. The number of nitrogens with zero attached hydrogens (tertiary/aromatic N) is 3. The largest absolute Gasteiger partial charge is 0.444 e. The Bertz CT molecular complexity index is 1490. The fourth-order valence-corrected chi connectivity index (χ4v) is 4.45. The van der Waals surface area contributed by atoms with Gasteiger partial charge in [-0.05, 0) is 56.5 Å². The highest BCUT2D eigenvalue weighted by Gasteiger charge is 2.38. The van der Waals surface area contributed by atoms with E-state index in [0.717, 1.165) is 16.7 Å². The van der Waals surface area contributed by atoms with Gasteiger partial charge in [-0.3, -0.25) is 9.36 Å². The maximum Gasteiger partial charge on any atom is 0.419 e. The number of β-amino-alcohol motifs (C(OH)–C–C–N with tert-alkyl or cyclic N) is 1. The molecular formula is C29H34N4O7. The van der Waals surface area contributed by atoms with Gasteiger partial charge in [0.05, 0.1) is 31.3 Å². The van der Waals surface area contributed by atoms with Crippen LogP contribution in [0.5, 0.6) is 0 Å². The summed E-state index contributed by atoms with van der Waals surface area (Å²) in [6, 6.07) is 14.3. The van der Waals surface area contributed by atoms with Crippen LogP contribution in [0, 0.1) is 11.3 Å². The van der Waals surface area contributed by atoms with Gasteiger partial charge in [0, 0.05) is 13.5 Å². The number of nitrogens with one attached hydrogen (secondary N) is 1. The van der Waals surface area contributed by atoms with Gasteiger partial charge < -0.3 is 29.2 Å². The summed E-state index contributed by atoms with van der Waals surface area (Å²) in [5.41, 5.74) is 1.71. The molecule has 0 aliphatic carbocycles. The van der Waals surface area contributed by atoms with Gasteiger partial charge >= 0.3 is 11.8 Å². The molecular weight excluding hydrogens is 516 g/mol. The maximum absolute atomic E-state index is 13.1. The summed E-state index contributed by atoms with van der Waals surface area (Å²) < 4.78 is 17.7. The van der Waals surface area contributed by atoms with Crippen molar-refractivity contribution in [1.82, 2.24) is 14.8 Å². The maximum atomic E-state index is 13.1. The number of ether oxygens (including phenoxy) is 2. The number of hydrogen-bond acceptors (Lipinski definition) is 8. The third-order valence-corrected chi connectivity index (χ3v) is 6.45. The molecule has 4 rings (SSSR count). The van der Waals surface area contributed by atoms with Crippen LogP contribution < -0.4 is 11.1 Å². The van der Waals surface area contributed by atoms with Gasteiger partial charge in [-0.1, -0.05) is 30.3 Å². The molecule has 3 aromatic rings. The third-order valence-electron chi connectivity index (χ3n) is 6.45. The quantitative estimate of drug-likeness (QED) is 0.493. The summed E-state index contributed by atoms with van der Waals surface area (Å²) in [4.78, 5) is 38.8. The van der Waals surface area contributed by atoms with Crippen LogP contribution in [0.2, 0.25) is 0 Å². The van der Waals surface area contributed by atoms with E-state index in [9.17, 15) is 24.8 Å². The molecule has 1 aromatic heterocycles. The normalized spacial score (nSPS) is 20.4. The lowest BCUT2D eigenvalue weighted by Crippen LogP contribution is -2.49. The van der Waals surface area contributed by atoms with Gasteiger partial charge in [0.2, 0.25) is 0 Å². The topological polar surface area (TPSA) is 147 Å². The number of amides is 2. The first-order valence-electron chi connectivity index (χ1n) is 13.0. The second kappa shape index (κ2) is 11.2. The van der Waals surface area contributed by atoms with Crippen molar-refractivity contribution in [3.63, 3.8) is 0 Å². The van der Waals surface area contributed by atoms with Crippen LogP contribution in [-0.4, -0.2) is 69.6 Å². The van der Waals surface area contributed by atoms with E-state index in [-0.39, 0.29) is 26.1 Å². The van der Waals surface area contributed by atoms with Crippen LogP contribution in [0.4, 0.5) is 4.79 Å². The molecule has 1 aliphatic rings. The van der Waals surface area contributed by atoms with Crippen molar-refractivity contribution in [2.24, 2.45) is 7.05 Å². The first-order valence-corrected chi connectivity index (χ1v) is 13.0. The molecule has 1 fully saturated rings. The summed E-state index contributed by atoms with van der Waals surface area (Å²) in [5, 5.41) is 23.0. The molecule has 1 saturated heterocycles. The Kier molecular flexibility index (Phi) is 8.05. The Balaban J connectivity index is 1.42. The Morgan fingerprint density at radius 3 is 2.55 bits per heavy atom. The highest BCUT2D eigenvalue weighted by molar-refractivity contribution is 5.83. The second-order valence-corrected chi connectivity index (χ2v) is 11.4. The zero-order valence-corrected chi connectivity index (χ0v) is 23.3. The molecule has 0 unspecified atom stereocenters. The molecule has 11 heteroatoms. The SMILES string of the molecule is Cn1c(=O)oc2ccc(-c3ccc(C[C@@H](C#N)NC(=O)[C@@H]4CN(C(=O)OC(C)(C)C)C[C@](C)(O)CO4)cc3)cc21. The molecule has 1 aliphatic heterocycles. The monoisotopic (exact) mass is 550 g/mol. The van der Waals surface area contributed by atoms with Gasteiger partial charge in [-0.25, -0.2) is 9.59 Å². The van der Waals surface area contributed by atoms with Crippen molar-refractivity contribution in [3.05, 3.63) is 58.6 Å². The predicted molar refractivity (Wildman–Crippen MR) is 146 cm³/mol. The van der Waals surface area contributed by atoms with E-state index in [1.807, 2.05) is 36.4 Å². The minimum atomic E-state index is -1.38. The minimum absolute atomic E-state index is 0.0659. The number of oxazole rings is 1. The van der Waals surface area contributed by atoms with Crippen molar-refractivity contribution >= 4 is 23.1 Å². The lowest BCUT2D eigenvalue weighted by atomic mass is 10.0. The lowest BCUT2D eigenvalue weighted by Gasteiger charge is -2.30. The number of carbonyl (C=O) groups excluding carboxylic acids is 2. The number of nitriles is 1. The molecule has 3 atom stereocenters. The minimum Gasteiger partial charge on any atom is -0.444 e. The van der Waals surface area contributed by atoms with E-state index in [1.165, 1.54) is 16.4 Å². The molecule has 0 spiro atoms. The first kappa shape index (κ1) is 28.9. The summed E-state index contributed by atoms with van der Waals surface area (Å²) in [5.74, 6) is -0.988. The van der Waals surface area contributed by atoms with Crippen LogP contribution in [0.25, 0.3) is 22.2 Å². The Morgan fingerprint density at radius 2 is 1.90 bits per heavy atom. The fraction of sp³-hybridized carbons (Fsp3) is 0.448. The van der Waals surface area contributed by atoms with Crippen molar-refractivity contribution < 1.29 is 28.6 Å². The van der Waals surface area contributed by atoms with Crippen LogP contribution in [-0.2, 0) is 27.7 Å². The number of fused-ring (bicyclic) bond motifs is 1. The van der Waals surface area contributed by atoms with Crippen LogP contribution in [0.15, 0.2) is 51.7 Å². The fourth-order valence-electron chi connectivity index (χ4n) is 4.45. The van der Waals surface area contributed by atoms with Gasteiger partial charge in [0.1, 0.15) is 17.2 Å². The zero-order chi connectivity index (χ0) is 29.2. The molecule has 2 aromatic carbocycles. The number of hydrogen-bond donors (Lipinski definition) is 2. The number of rotatable bonds is 5. The van der Waals surface area contributed by atoms with Crippen molar-refractivity contribution in [1.29, 1.82) is 5.26 Å². The van der Waals surface area contributed by atoms with E-state index >= 15 is 0 Å². The Labute approximate surface area is 231 Å². The van der Waals surface area contributed by atoms with Gasteiger partial charge in [0.25, 0.3) is 5.91 Å². The summed E-state index contributed by atoms with van der Waals surface area (Å²) in [6.45, 7) is 6.34. The van der Waals surface area contributed by atoms with Gasteiger partial charge in [-0.2, -0.15) is 5.26 Å². The standard InChI is InChI=1S/C29H34N4O7/c1-28(2,3)40-27(36)33-15-24(38-17-29(4,37)16-33)25(34)31-21(14-30)12-18-6-8-19(9-7-18)20-10-11-23-22(13-20)32(5)26(35)39-23/h6-11,13,21,24,37H,12,15-17H2,1-5H3,(H,31,34)/t21-,24-,29-/m0/s1. The number of carbonyl (C=O) groups is 2. The highest BCUT2D eigenvalue weighted by Crippen LogP contribution is 2.25. The number of aryl methyl sites for hydroxylation is 1. The second-order valence-electron chi connectivity index (χ2n) is 11.4. The van der Waals surface area contributed by atoms with E-state index in [2.05, 4.69) is 11.4 Å². The van der Waals surface area contributed by atoms with E-state index in [1.54, 1.807) is 33.9 Å². The number of benzene rings is 2. The van der Waals surface area contributed by atoms with Crippen LogP contribution >= 0.6 is 0 Å². The average Bonchev–Trinajstić information content (AvgIpc) is 3.05. The molecule has 2 heterocycles. The summed E-state index contributed by atoms with van der Waals surface area (Å²) in [6.07, 6.45) is -1.51. The number of aromatic nitrogens is 1. The summed E-state index contributed by atoms with van der Waals surface area (Å²) in [7, 11) is 1.65. The smallest absolute Gasteiger partial charge is 0.419 e. The molecule has 2 amide bonds. The van der Waals surface area contributed by atoms with Crippen molar-refractivity contribution in [2.45, 2.75) is 57.5 Å². The zero-order valence-electron chi connectivity index (χ0n) is 23.3. The molecule has 0 saturated carbocycles. The van der Waals surface area contributed by atoms with Crippen LogP contribution in [0.3, 0.4) is 0 Å². The summed E-state index contributed by atoms with van der Waals surface area (Å²) >= 11 is 0. The van der Waals surface area contributed by atoms with Crippen LogP contribution in [0.1, 0.15) is 33.3 Å². The Hall–Kier alpha value is -4.14. The number of aliphatic hydroxyl groups is 1. The predicted octanol–water partition coefficient (Wildman–Crippen LogP) is 2.74. The van der Waals surface area contributed by atoms with E-state index < -0.39 is 41.1 Å². The molecule has 212 valence electrons. The first-order chi connectivity index (χ1) is 18.7. The molecule has 0 bridgehead atoms. The molecule has 40 heavy (non-hydrogen) atoms. The van der Waals surface area contributed by atoms with E-state index in [0.29, 0.717) is 11.1 Å². The molecule has 11 nitrogen and oxygen atoms in total. The third kappa shape index (κ3) is 6.89. The Morgan fingerprint density at radius 1 is 1.23 bits per heavy atom. The van der Waals surface area contributed by atoms with Crippen molar-refractivity contribution in [2.75, 3.05) is 19.7 Å². The highest BCUT2D eigenvalue weighted by atomic mass is 16.6. The van der Waals surface area contributed by atoms with Gasteiger partial charge in [0.15, 0.2) is 11.7 Å². The molecule has 0 radical (unpaired) electrons.